The summed E-state index contributed by atoms with van der Waals surface area (Å²) in [6.45, 7) is 0. The van der Waals surface area contributed by atoms with E-state index in [4.69, 9.17) is 3.32 Å². The molecule has 0 aromatic carbocycles. The van der Waals surface area contributed by atoms with E-state index in [1.54, 1.807) is 0 Å². The van der Waals surface area contributed by atoms with Crippen LogP contribution in [0, 0.1) is 0 Å². The van der Waals surface area contributed by atoms with Crippen molar-refractivity contribution in [3.63, 3.8) is 0 Å². The third-order valence-corrected chi connectivity index (χ3v) is 0. The molecule has 0 radical (unpaired) electrons. The Balaban J connectivity index is -0.000000000333. The Hall–Kier alpha value is 2.16. The third-order valence-electron chi connectivity index (χ3n) is 0. The molecule has 4 heteroatoms. The fourth-order valence-electron chi connectivity index (χ4n) is 0. The average molecular weight is 165 g/mol. The fourth-order valence-corrected chi connectivity index (χ4v) is 0. The van der Waals surface area contributed by atoms with Gasteiger partial charge >= 0.3 is 79.3 Å². The molecule has 0 amide bonds. The van der Waals surface area contributed by atoms with Crippen LogP contribution in [-0.2, 0) is 23.7 Å². The molecule has 0 aliphatic heterocycles. The van der Waals surface area contributed by atoms with E-state index in [-0.39, 0.29) is 61.3 Å². The zero-order valence-corrected chi connectivity index (χ0v) is 7.36. The molecule has 0 N–H and O–H groups in total. The van der Waals surface area contributed by atoms with Crippen molar-refractivity contribution in [2.75, 3.05) is 0 Å². The van der Waals surface area contributed by atoms with E-state index in [0.29, 0.717) is 0 Å². The predicted octanol–water partition coefficient (Wildman–Crippen LogP) is -0.433. The first-order valence-corrected chi connectivity index (χ1v) is 0.842. The number of hydrogen-bond donors (Lipinski definition) is 0. The zero-order chi connectivity index (χ0) is 2.00. The Kier molecular flexibility index (Phi) is 78.5. The van der Waals surface area contributed by atoms with Crippen LogP contribution in [0.1, 0.15) is 5.71 Å². The van der Waals surface area contributed by atoms with Crippen LogP contribution in [0.25, 0.3) is 0 Å². The SMILES string of the molecule is [Be+2].[H-].[H-].[H-].[H-].[O]=[Ti].[Sr+2]. The van der Waals surface area contributed by atoms with Gasteiger partial charge in [0.25, 0.3) is 0 Å². The van der Waals surface area contributed by atoms with Crippen molar-refractivity contribution in [2.45, 2.75) is 0 Å². The molecule has 0 rings (SSSR count). The molecule has 0 saturated carbocycles. The Morgan fingerprint density at radius 2 is 1.50 bits per heavy atom. The minimum absolute atomic E-state index is 0. The molecular formula is H4BeOSrTi. The third kappa shape index (κ3) is 8.90. The van der Waals surface area contributed by atoms with Crippen LogP contribution in [0.15, 0.2) is 0 Å². The van der Waals surface area contributed by atoms with Crippen molar-refractivity contribution in [3.05, 3.63) is 0 Å². The summed E-state index contributed by atoms with van der Waals surface area (Å²) in [5, 5.41) is 0. The van der Waals surface area contributed by atoms with Crippen molar-refractivity contribution >= 4 is 55.6 Å². The molecule has 18 valence electrons. The van der Waals surface area contributed by atoms with E-state index in [0.717, 1.165) is 20.4 Å². The van der Waals surface area contributed by atoms with Crippen molar-refractivity contribution in [2.24, 2.45) is 0 Å². The van der Waals surface area contributed by atoms with E-state index in [9.17, 15) is 0 Å². The van der Waals surface area contributed by atoms with E-state index in [1.165, 1.54) is 0 Å². The topological polar surface area (TPSA) is 17.1 Å². The number of hydrogen-bond acceptors (Lipinski definition) is 1. The van der Waals surface area contributed by atoms with Crippen LogP contribution in [0.4, 0.5) is 0 Å². The first-order valence-electron chi connectivity index (χ1n) is 0.204. The van der Waals surface area contributed by atoms with Gasteiger partial charge in [0, 0.05) is 0 Å². The Morgan fingerprint density at radius 3 is 1.50 bits per heavy atom. The summed E-state index contributed by atoms with van der Waals surface area (Å²) in [5.74, 6) is 0. The van der Waals surface area contributed by atoms with Crippen LogP contribution < -0.4 is 0 Å². The van der Waals surface area contributed by atoms with Gasteiger partial charge in [-0.25, -0.2) is 0 Å². The predicted molar refractivity (Wildman–Crippen MR) is 16.6 cm³/mol. The van der Waals surface area contributed by atoms with E-state index < -0.39 is 0 Å². The molecule has 0 spiro atoms. The van der Waals surface area contributed by atoms with Gasteiger partial charge in [0.15, 0.2) is 0 Å². The van der Waals surface area contributed by atoms with E-state index in [1.807, 2.05) is 0 Å². The molecule has 0 aromatic rings. The molecular weight excluding hydrogens is 160 g/mol. The fraction of sp³-hybridized carbons (Fsp3) is 0. The summed E-state index contributed by atoms with van der Waals surface area (Å²) in [4.78, 5) is 0. The largest absolute Gasteiger partial charge is 2.00 e. The van der Waals surface area contributed by atoms with Gasteiger partial charge in [0.05, 0.1) is 0 Å². The first kappa shape index (κ1) is 16.4. The molecule has 0 heterocycles. The Morgan fingerprint density at radius 1 is 1.50 bits per heavy atom. The molecule has 0 unspecified atom stereocenters. The van der Waals surface area contributed by atoms with Gasteiger partial charge in [-0.05, 0) is 0 Å². The van der Waals surface area contributed by atoms with Crippen molar-refractivity contribution in [1.82, 2.24) is 0 Å². The van der Waals surface area contributed by atoms with Crippen LogP contribution in [0.2, 0.25) is 0 Å². The van der Waals surface area contributed by atoms with Crippen molar-refractivity contribution in [1.29, 1.82) is 0 Å². The van der Waals surface area contributed by atoms with Crippen molar-refractivity contribution < 1.29 is 29.4 Å². The summed E-state index contributed by atoms with van der Waals surface area (Å²) in [6.07, 6.45) is 0. The monoisotopic (exact) mass is 165 g/mol. The summed E-state index contributed by atoms with van der Waals surface area (Å²) in [6, 6.07) is 0. The zero-order valence-electron chi connectivity index (χ0n) is 6.32. The molecule has 0 aromatic heterocycles. The normalized spacial score (nSPS) is 0.750. The molecule has 0 saturated heterocycles. The molecule has 0 aliphatic carbocycles. The molecule has 0 fully saturated rings. The summed E-state index contributed by atoms with van der Waals surface area (Å²) < 4.78 is 8.25. The van der Waals surface area contributed by atoms with Crippen LogP contribution in [0.5, 0.6) is 0 Å². The van der Waals surface area contributed by atoms with Crippen molar-refractivity contribution in [3.8, 4) is 0 Å². The van der Waals surface area contributed by atoms with Gasteiger partial charge < -0.3 is 5.71 Å². The van der Waals surface area contributed by atoms with E-state index >= 15 is 0 Å². The summed E-state index contributed by atoms with van der Waals surface area (Å²) in [5.41, 5.74) is 0. The average Bonchev–Trinajstić information content (AvgIpc) is 1.00. The van der Waals surface area contributed by atoms with E-state index in [2.05, 4.69) is 0 Å². The standard InChI is InChI=1S/Be.O.Sr.Ti.4H/q+2;;+2;;4*-1. The first-order chi connectivity index (χ1) is 1.00. The summed E-state index contributed by atoms with van der Waals surface area (Å²) in [7, 11) is 0. The molecule has 0 aliphatic rings. The maximum Gasteiger partial charge on any atom is 2.00 e. The van der Waals surface area contributed by atoms with Gasteiger partial charge in [0.1, 0.15) is 0 Å². The van der Waals surface area contributed by atoms with Crippen LogP contribution in [-0.4, -0.2) is 55.6 Å². The van der Waals surface area contributed by atoms with Gasteiger partial charge in [-0.15, -0.1) is 0 Å². The molecule has 4 heavy (non-hydrogen) atoms. The van der Waals surface area contributed by atoms with Gasteiger partial charge in [-0.2, -0.15) is 0 Å². The molecule has 0 bridgehead atoms. The summed E-state index contributed by atoms with van der Waals surface area (Å²) >= 11 is 0.750. The minimum Gasteiger partial charge on any atom is 2.00 e. The van der Waals surface area contributed by atoms with Gasteiger partial charge in [-0.1, -0.05) is 0 Å². The minimum atomic E-state index is 0. The molecule has 1 nitrogen and oxygen atoms in total. The van der Waals surface area contributed by atoms with Crippen LogP contribution >= 0.6 is 0 Å². The Labute approximate surface area is 83.7 Å². The second-order valence-electron chi connectivity index (χ2n) is 0. The van der Waals surface area contributed by atoms with Gasteiger partial charge in [-0.3, -0.25) is 0 Å². The second kappa shape index (κ2) is 19.1. The molecule has 0 atom stereocenters. The second-order valence-corrected chi connectivity index (χ2v) is 0. The maximum absolute atomic E-state index is 8.25. The Bertz CT molecular complexity index is 16.0. The quantitative estimate of drug-likeness (QED) is 0.444. The maximum atomic E-state index is 8.25. The number of rotatable bonds is 0. The van der Waals surface area contributed by atoms with Gasteiger partial charge in [0.2, 0.25) is 0 Å². The smallest absolute Gasteiger partial charge is 2.00 e. The van der Waals surface area contributed by atoms with Crippen LogP contribution in [0.3, 0.4) is 0 Å².